The Morgan fingerprint density at radius 2 is 1.83 bits per heavy atom. The summed E-state index contributed by atoms with van der Waals surface area (Å²) >= 11 is 0. The molecule has 3 heterocycles. The summed E-state index contributed by atoms with van der Waals surface area (Å²) in [5.41, 5.74) is 2.84. The zero-order valence-electron chi connectivity index (χ0n) is 17.9. The molecule has 6 nitrogen and oxygen atoms in total. The van der Waals surface area contributed by atoms with Gasteiger partial charge in [0.05, 0.1) is 24.5 Å². The molecule has 2 aliphatic heterocycles. The third-order valence-corrected chi connectivity index (χ3v) is 6.26. The van der Waals surface area contributed by atoms with E-state index in [1.807, 2.05) is 11.8 Å². The zero-order chi connectivity index (χ0) is 20.8. The highest BCUT2D eigenvalue weighted by molar-refractivity contribution is 5.95. The van der Waals surface area contributed by atoms with Gasteiger partial charge in [0.1, 0.15) is 5.82 Å². The minimum atomic E-state index is 0.0237. The Hall–Kier alpha value is -2.31. The normalized spacial score (nSPS) is 18.5. The molecule has 160 valence electrons. The second-order valence-corrected chi connectivity index (χ2v) is 8.34. The van der Waals surface area contributed by atoms with Gasteiger partial charge < -0.3 is 14.5 Å². The van der Waals surface area contributed by atoms with Crippen LogP contribution in [-0.2, 0) is 11.2 Å². The van der Waals surface area contributed by atoms with Crippen molar-refractivity contribution in [2.45, 2.75) is 38.5 Å². The summed E-state index contributed by atoms with van der Waals surface area (Å²) in [6.07, 6.45) is 6.25. The highest BCUT2D eigenvalue weighted by Gasteiger charge is 2.25. The Morgan fingerprint density at radius 3 is 2.53 bits per heavy atom. The van der Waals surface area contributed by atoms with Crippen molar-refractivity contribution in [3.8, 4) is 0 Å². The first kappa shape index (κ1) is 20.9. The zero-order valence-corrected chi connectivity index (χ0v) is 17.9. The SMILES string of the molecule is Cc1nc(C2CCN(CCCc3ccccc3)CC2)ncc1C(=O)N1CCOCC1. The van der Waals surface area contributed by atoms with Gasteiger partial charge in [-0.3, -0.25) is 4.79 Å². The molecule has 2 aromatic rings. The van der Waals surface area contributed by atoms with E-state index in [0.29, 0.717) is 37.8 Å². The fourth-order valence-electron chi connectivity index (χ4n) is 4.39. The molecular formula is C24H32N4O2. The van der Waals surface area contributed by atoms with E-state index in [-0.39, 0.29) is 5.91 Å². The smallest absolute Gasteiger partial charge is 0.257 e. The maximum absolute atomic E-state index is 12.7. The number of likely N-dealkylation sites (tertiary alicyclic amines) is 1. The van der Waals surface area contributed by atoms with Crippen molar-refractivity contribution >= 4 is 5.91 Å². The summed E-state index contributed by atoms with van der Waals surface area (Å²) in [5, 5.41) is 0. The average molecular weight is 409 g/mol. The van der Waals surface area contributed by atoms with Crippen LogP contribution < -0.4 is 0 Å². The van der Waals surface area contributed by atoms with Crippen LogP contribution in [0.1, 0.15) is 52.6 Å². The molecule has 0 radical (unpaired) electrons. The number of hydrogen-bond acceptors (Lipinski definition) is 5. The van der Waals surface area contributed by atoms with Crippen molar-refractivity contribution in [3.05, 3.63) is 59.2 Å². The average Bonchev–Trinajstić information content (AvgIpc) is 2.80. The van der Waals surface area contributed by atoms with Gasteiger partial charge in [-0.15, -0.1) is 0 Å². The van der Waals surface area contributed by atoms with Crippen LogP contribution in [0.2, 0.25) is 0 Å². The number of hydrogen-bond donors (Lipinski definition) is 0. The number of ether oxygens (including phenoxy) is 1. The van der Waals surface area contributed by atoms with Crippen molar-refractivity contribution in [1.82, 2.24) is 19.8 Å². The summed E-state index contributed by atoms with van der Waals surface area (Å²) in [5.74, 6) is 1.31. The van der Waals surface area contributed by atoms with E-state index < -0.39 is 0 Å². The summed E-state index contributed by atoms with van der Waals surface area (Å²) in [4.78, 5) is 26.5. The van der Waals surface area contributed by atoms with E-state index in [9.17, 15) is 4.79 Å². The molecule has 2 aliphatic rings. The Labute approximate surface area is 179 Å². The number of morpholine rings is 1. The second-order valence-electron chi connectivity index (χ2n) is 8.34. The van der Waals surface area contributed by atoms with Gasteiger partial charge in [0, 0.05) is 25.2 Å². The topological polar surface area (TPSA) is 58.6 Å². The van der Waals surface area contributed by atoms with Crippen molar-refractivity contribution in [2.75, 3.05) is 45.9 Å². The fourth-order valence-corrected chi connectivity index (χ4v) is 4.39. The first-order valence-electron chi connectivity index (χ1n) is 11.2. The maximum atomic E-state index is 12.7. The largest absolute Gasteiger partial charge is 0.378 e. The van der Waals surface area contributed by atoms with Gasteiger partial charge in [-0.25, -0.2) is 9.97 Å². The van der Waals surface area contributed by atoms with Gasteiger partial charge in [-0.2, -0.15) is 0 Å². The van der Waals surface area contributed by atoms with Crippen molar-refractivity contribution in [2.24, 2.45) is 0 Å². The molecule has 30 heavy (non-hydrogen) atoms. The van der Waals surface area contributed by atoms with Gasteiger partial charge in [0.15, 0.2) is 0 Å². The van der Waals surface area contributed by atoms with E-state index >= 15 is 0 Å². The number of carbonyl (C=O) groups is 1. The first-order chi connectivity index (χ1) is 14.7. The Kier molecular flexibility index (Phi) is 7.07. The third-order valence-electron chi connectivity index (χ3n) is 6.26. The number of benzene rings is 1. The molecule has 0 N–H and O–H groups in total. The van der Waals surface area contributed by atoms with E-state index in [1.165, 1.54) is 12.0 Å². The first-order valence-corrected chi connectivity index (χ1v) is 11.2. The number of amides is 1. The van der Waals surface area contributed by atoms with Crippen LogP contribution in [0.3, 0.4) is 0 Å². The number of aromatic nitrogens is 2. The number of rotatable bonds is 6. The summed E-state index contributed by atoms with van der Waals surface area (Å²) in [6.45, 7) is 7.76. The lowest BCUT2D eigenvalue weighted by Gasteiger charge is -2.31. The van der Waals surface area contributed by atoms with Gasteiger partial charge in [0.25, 0.3) is 5.91 Å². The molecule has 0 atom stereocenters. The Bertz CT molecular complexity index is 828. The molecule has 2 fully saturated rings. The lowest BCUT2D eigenvalue weighted by Crippen LogP contribution is -2.41. The van der Waals surface area contributed by atoms with Crippen LogP contribution in [0.25, 0.3) is 0 Å². The molecule has 1 aromatic heterocycles. The third kappa shape index (κ3) is 5.24. The van der Waals surface area contributed by atoms with Crippen LogP contribution >= 0.6 is 0 Å². The molecule has 1 aromatic carbocycles. The van der Waals surface area contributed by atoms with E-state index in [0.717, 1.165) is 50.4 Å². The van der Waals surface area contributed by atoms with Crippen LogP contribution in [0, 0.1) is 6.92 Å². The highest BCUT2D eigenvalue weighted by Crippen LogP contribution is 2.26. The Balaban J connectivity index is 1.27. The molecule has 0 unspecified atom stereocenters. The van der Waals surface area contributed by atoms with E-state index in [1.54, 1.807) is 6.20 Å². The molecule has 0 saturated carbocycles. The summed E-state index contributed by atoms with van der Waals surface area (Å²) in [7, 11) is 0. The molecule has 0 aliphatic carbocycles. The van der Waals surface area contributed by atoms with E-state index in [4.69, 9.17) is 9.72 Å². The fraction of sp³-hybridized carbons (Fsp3) is 0.542. The Morgan fingerprint density at radius 1 is 1.10 bits per heavy atom. The quantitative estimate of drug-likeness (QED) is 0.735. The van der Waals surface area contributed by atoms with Crippen molar-refractivity contribution < 1.29 is 9.53 Å². The number of piperidine rings is 1. The second kappa shape index (κ2) is 10.1. The number of aryl methyl sites for hydroxylation is 2. The molecule has 4 rings (SSSR count). The molecule has 1 amide bonds. The van der Waals surface area contributed by atoms with Crippen LogP contribution in [0.4, 0.5) is 0 Å². The number of nitrogens with zero attached hydrogens (tertiary/aromatic N) is 4. The van der Waals surface area contributed by atoms with Crippen LogP contribution in [0.15, 0.2) is 36.5 Å². The van der Waals surface area contributed by atoms with Crippen LogP contribution in [0.5, 0.6) is 0 Å². The monoisotopic (exact) mass is 408 g/mol. The van der Waals surface area contributed by atoms with Crippen molar-refractivity contribution in [3.63, 3.8) is 0 Å². The molecule has 0 bridgehead atoms. The van der Waals surface area contributed by atoms with Gasteiger partial charge in [0.2, 0.25) is 0 Å². The number of carbonyl (C=O) groups excluding carboxylic acids is 1. The minimum Gasteiger partial charge on any atom is -0.378 e. The van der Waals surface area contributed by atoms with Crippen molar-refractivity contribution in [1.29, 1.82) is 0 Å². The molecular weight excluding hydrogens is 376 g/mol. The maximum Gasteiger partial charge on any atom is 0.257 e. The van der Waals surface area contributed by atoms with Gasteiger partial charge in [-0.05, 0) is 57.8 Å². The lowest BCUT2D eigenvalue weighted by atomic mass is 9.95. The van der Waals surface area contributed by atoms with Crippen LogP contribution in [-0.4, -0.2) is 71.6 Å². The van der Waals surface area contributed by atoms with E-state index in [2.05, 4.69) is 40.2 Å². The highest BCUT2D eigenvalue weighted by atomic mass is 16.5. The predicted octanol–water partition coefficient (Wildman–Crippen LogP) is 3.07. The van der Waals surface area contributed by atoms with Gasteiger partial charge in [-0.1, -0.05) is 30.3 Å². The summed E-state index contributed by atoms with van der Waals surface area (Å²) < 4.78 is 5.34. The molecule has 2 saturated heterocycles. The minimum absolute atomic E-state index is 0.0237. The van der Waals surface area contributed by atoms with Gasteiger partial charge >= 0.3 is 0 Å². The summed E-state index contributed by atoms with van der Waals surface area (Å²) in [6, 6.07) is 10.7. The lowest BCUT2D eigenvalue weighted by molar-refractivity contribution is 0.0301. The standard InChI is InChI=1S/C24H32N4O2/c1-19-22(24(29)28-14-16-30-17-15-28)18-25-23(26-19)21-9-12-27(13-10-21)11-5-8-20-6-3-2-4-7-20/h2-4,6-7,18,21H,5,8-17H2,1H3. The predicted molar refractivity (Wildman–Crippen MR) is 117 cm³/mol. The molecule has 6 heteroatoms. The molecule has 0 spiro atoms.